The molecule has 4 N–H and O–H groups in total. The van der Waals surface area contributed by atoms with Crippen molar-refractivity contribution in [3.8, 4) is 0 Å². The second kappa shape index (κ2) is 6.61. The average Bonchev–Trinajstić information content (AvgIpc) is 2.35. The second-order valence-corrected chi connectivity index (χ2v) is 3.79. The zero-order valence-electron chi connectivity index (χ0n) is 10.4. The molecule has 0 radical (unpaired) electrons. The van der Waals surface area contributed by atoms with Crippen molar-refractivity contribution in [2.24, 2.45) is 5.73 Å². The number of nitrogens with two attached hydrogens (primary N) is 1. The van der Waals surface area contributed by atoms with E-state index in [0.717, 1.165) is 5.56 Å². The number of urea groups is 1. The molecule has 6 heteroatoms. The van der Waals surface area contributed by atoms with E-state index in [-0.39, 0.29) is 18.6 Å². The largest absolute Gasteiger partial charge is 0.468 e. The SMILES string of the molecule is COC(=O)CNC(C)c1ccc(NC(N)=O)cc1. The van der Waals surface area contributed by atoms with Crippen molar-refractivity contribution in [3.05, 3.63) is 29.8 Å². The first-order valence-electron chi connectivity index (χ1n) is 5.49. The molecule has 0 aliphatic carbocycles. The van der Waals surface area contributed by atoms with Crippen molar-refractivity contribution in [1.29, 1.82) is 0 Å². The van der Waals surface area contributed by atoms with Gasteiger partial charge in [0.2, 0.25) is 0 Å². The molecule has 0 spiro atoms. The van der Waals surface area contributed by atoms with Crippen LogP contribution in [0.15, 0.2) is 24.3 Å². The Morgan fingerprint density at radius 3 is 2.44 bits per heavy atom. The van der Waals surface area contributed by atoms with Gasteiger partial charge in [0, 0.05) is 11.7 Å². The number of rotatable bonds is 5. The van der Waals surface area contributed by atoms with Gasteiger partial charge in [-0.15, -0.1) is 0 Å². The number of hydrogen-bond donors (Lipinski definition) is 3. The van der Waals surface area contributed by atoms with Crippen LogP contribution in [0.1, 0.15) is 18.5 Å². The number of amides is 2. The number of carbonyl (C=O) groups is 2. The molecule has 18 heavy (non-hydrogen) atoms. The smallest absolute Gasteiger partial charge is 0.319 e. The predicted octanol–water partition coefficient (Wildman–Crippen LogP) is 1.00. The number of methoxy groups -OCH3 is 1. The Morgan fingerprint density at radius 1 is 1.33 bits per heavy atom. The summed E-state index contributed by atoms with van der Waals surface area (Å²) in [4.78, 5) is 21.6. The Balaban J connectivity index is 2.56. The maximum Gasteiger partial charge on any atom is 0.319 e. The first kappa shape index (κ1) is 14.0. The molecule has 0 heterocycles. The number of anilines is 1. The fraction of sp³-hybridized carbons (Fsp3) is 0.333. The number of benzene rings is 1. The predicted molar refractivity (Wildman–Crippen MR) is 68.1 cm³/mol. The van der Waals surface area contributed by atoms with Crippen molar-refractivity contribution < 1.29 is 14.3 Å². The van der Waals surface area contributed by atoms with Gasteiger partial charge in [0.15, 0.2) is 0 Å². The number of nitrogens with one attached hydrogen (secondary N) is 2. The number of esters is 1. The van der Waals surface area contributed by atoms with Crippen LogP contribution in [0.25, 0.3) is 0 Å². The lowest BCUT2D eigenvalue weighted by atomic mass is 10.1. The van der Waals surface area contributed by atoms with Crippen molar-refractivity contribution in [1.82, 2.24) is 5.32 Å². The van der Waals surface area contributed by atoms with Crippen LogP contribution in [-0.2, 0) is 9.53 Å². The molecule has 0 aliphatic heterocycles. The molecule has 0 fully saturated rings. The third-order valence-corrected chi connectivity index (χ3v) is 2.46. The zero-order valence-corrected chi connectivity index (χ0v) is 10.4. The fourth-order valence-corrected chi connectivity index (χ4v) is 1.42. The highest BCUT2D eigenvalue weighted by molar-refractivity contribution is 5.87. The highest BCUT2D eigenvalue weighted by Crippen LogP contribution is 2.15. The molecule has 98 valence electrons. The van der Waals surface area contributed by atoms with Crippen LogP contribution in [0.5, 0.6) is 0 Å². The third-order valence-electron chi connectivity index (χ3n) is 2.46. The normalized spacial score (nSPS) is 11.7. The van der Waals surface area contributed by atoms with Gasteiger partial charge in [-0.05, 0) is 24.6 Å². The summed E-state index contributed by atoms with van der Waals surface area (Å²) < 4.78 is 4.54. The number of ether oxygens (including phenoxy) is 1. The highest BCUT2D eigenvalue weighted by atomic mass is 16.5. The molecule has 0 saturated heterocycles. The monoisotopic (exact) mass is 251 g/mol. The maximum atomic E-state index is 11.0. The van der Waals surface area contributed by atoms with Crippen molar-refractivity contribution >= 4 is 17.7 Å². The lowest BCUT2D eigenvalue weighted by Crippen LogP contribution is -2.26. The number of hydrogen-bond acceptors (Lipinski definition) is 4. The molecule has 6 nitrogen and oxygen atoms in total. The van der Waals surface area contributed by atoms with Gasteiger partial charge >= 0.3 is 12.0 Å². The van der Waals surface area contributed by atoms with E-state index in [1.807, 2.05) is 19.1 Å². The van der Waals surface area contributed by atoms with Gasteiger partial charge in [-0.3, -0.25) is 4.79 Å². The zero-order chi connectivity index (χ0) is 13.5. The van der Waals surface area contributed by atoms with Crippen LogP contribution < -0.4 is 16.4 Å². The van der Waals surface area contributed by atoms with Gasteiger partial charge in [-0.2, -0.15) is 0 Å². The number of primary amides is 1. The summed E-state index contributed by atoms with van der Waals surface area (Å²) in [7, 11) is 1.35. The Hall–Kier alpha value is -2.08. The minimum absolute atomic E-state index is 0.00623. The Bertz CT molecular complexity index is 417. The lowest BCUT2D eigenvalue weighted by molar-refractivity contribution is -0.139. The first-order valence-corrected chi connectivity index (χ1v) is 5.49. The lowest BCUT2D eigenvalue weighted by Gasteiger charge is -2.13. The molecule has 1 aromatic carbocycles. The quantitative estimate of drug-likeness (QED) is 0.680. The molecule has 0 saturated carbocycles. The van der Waals surface area contributed by atoms with Gasteiger partial charge in [0.1, 0.15) is 0 Å². The molecule has 1 atom stereocenters. The maximum absolute atomic E-state index is 11.0. The van der Waals surface area contributed by atoms with E-state index < -0.39 is 6.03 Å². The fourth-order valence-electron chi connectivity index (χ4n) is 1.42. The standard InChI is InChI=1S/C12H17N3O3/c1-8(14-7-11(16)18-2)9-3-5-10(6-4-9)15-12(13)17/h3-6,8,14H,7H2,1-2H3,(H3,13,15,17). The summed E-state index contributed by atoms with van der Waals surface area (Å²) in [5, 5.41) is 5.50. The molecule has 1 aromatic rings. The Morgan fingerprint density at radius 2 is 1.94 bits per heavy atom. The molecule has 2 amide bonds. The van der Waals surface area contributed by atoms with Crippen molar-refractivity contribution in [2.45, 2.75) is 13.0 Å². The summed E-state index contributed by atoms with van der Waals surface area (Å²) >= 11 is 0. The van der Waals surface area contributed by atoms with Crippen molar-refractivity contribution in [3.63, 3.8) is 0 Å². The first-order chi connectivity index (χ1) is 8.52. The average molecular weight is 251 g/mol. The number of carbonyl (C=O) groups excluding carboxylic acids is 2. The van der Waals surface area contributed by atoms with Crippen LogP contribution in [0, 0.1) is 0 Å². The minimum atomic E-state index is -0.598. The van der Waals surface area contributed by atoms with Crippen LogP contribution in [0.4, 0.5) is 10.5 Å². The van der Waals surface area contributed by atoms with E-state index in [2.05, 4.69) is 15.4 Å². The summed E-state index contributed by atoms with van der Waals surface area (Å²) in [5.41, 5.74) is 6.63. The summed E-state index contributed by atoms with van der Waals surface area (Å²) in [6.07, 6.45) is 0. The molecular formula is C12H17N3O3. The van der Waals surface area contributed by atoms with Crippen LogP contribution in [-0.4, -0.2) is 25.7 Å². The van der Waals surface area contributed by atoms with Crippen LogP contribution in [0.3, 0.4) is 0 Å². The Kier molecular flexibility index (Phi) is 5.13. The third kappa shape index (κ3) is 4.42. The Labute approximate surface area is 105 Å². The highest BCUT2D eigenvalue weighted by Gasteiger charge is 2.07. The van der Waals surface area contributed by atoms with E-state index in [1.54, 1.807) is 12.1 Å². The molecule has 0 bridgehead atoms. The van der Waals surface area contributed by atoms with E-state index in [0.29, 0.717) is 5.69 Å². The van der Waals surface area contributed by atoms with Gasteiger partial charge in [-0.25, -0.2) is 4.79 Å². The van der Waals surface area contributed by atoms with E-state index in [4.69, 9.17) is 5.73 Å². The topological polar surface area (TPSA) is 93.4 Å². The summed E-state index contributed by atoms with van der Waals surface area (Å²) in [6, 6.07) is 6.60. The van der Waals surface area contributed by atoms with E-state index in [9.17, 15) is 9.59 Å². The van der Waals surface area contributed by atoms with Gasteiger partial charge in [0.05, 0.1) is 13.7 Å². The summed E-state index contributed by atoms with van der Waals surface area (Å²) in [5.74, 6) is -0.311. The molecular weight excluding hydrogens is 234 g/mol. The van der Waals surface area contributed by atoms with Crippen molar-refractivity contribution in [2.75, 3.05) is 19.0 Å². The second-order valence-electron chi connectivity index (χ2n) is 3.79. The minimum Gasteiger partial charge on any atom is -0.468 e. The van der Waals surface area contributed by atoms with Gasteiger partial charge < -0.3 is 21.1 Å². The molecule has 1 unspecified atom stereocenters. The molecule has 1 rings (SSSR count). The molecule has 0 aliphatic rings. The van der Waals surface area contributed by atoms with E-state index in [1.165, 1.54) is 7.11 Å². The van der Waals surface area contributed by atoms with Gasteiger partial charge in [-0.1, -0.05) is 12.1 Å². The van der Waals surface area contributed by atoms with Crippen LogP contribution in [0.2, 0.25) is 0 Å². The van der Waals surface area contributed by atoms with Crippen LogP contribution >= 0.6 is 0 Å². The van der Waals surface area contributed by atoms with Gasteiger partial charge in [0.25, 0.3) is 0 Å². The summed E-state index contributed by atoms with van der Waals surface area (Å²) in [6.45, 7) is 2.08. The molecule has 0 aromatic heterocycles. The van der Waals surface area contributed by atoms with E-state index >= 15 is 0 Å².